The van der Waals surface area contributed by atoms with Crippen molar-refractivity contribution in [1.82, 2.24) is 5.32 Å². The zero-order chi connectivity index (χ0) is 13.8. The van der Waals surface area contributed by atoms with E-state index in [1.807, 2.05) is 0 Å². The second-order valence-corrected chi connectivity index (χ2v) is 5.33. The maximum atomic E-state index is 12.1. The number of ether oxygens (including phenoxy) is 1. The van der Waals surface area contributed by atoms with E-state index in [4.69, 9.17) is 16.3 Å². The molecule has 0 aromatic heterocycles. The number of hydrogen-bond acceptors (Lipinski definition) is 3. The molecule has 1 aromatic rings. The van der Waals surface area contributed by atoms with Gasteiger partial charge in [-0.3, -0.25) is 4.79 Å². The summed E-state index contributed by atoms with van der Waals surface area (Å²) in [4.78, 5) is 12.1. The molecule has 0 radical (unpaired) electrons. The van der Waals surface area contributed by atoms with Crippen molar-refractivity contribution in [2.45, 2.75) is 37.1 Å². The Morgan fingerprint density at radius 1 is 1.42 bits per heavy atom. The summed E-state index contributed by atoms with van der Waals surface area (Å²) >= 11 is 6.21. The summed E-state index contributed by atoms with van der Waals surface area (Å²) in [6.07, 6.45) is 4.04. The summed E-state index contributed by atoms with van der Waals surface area (Å²) in [6.45, 7) is 0. The van der Waals surface area contributed by atoms with E-state index in [0.717, 1.165) is 25.7 Å². The van der Waals surface area contributed by atoms with Crippen LogP contribution in [0, 0.1) is 0 Å². The Bertz CT molecular complexity index is 464. The minimum Gasteiger partial charge on any atom is -0.504 e. The molecule has 1 fully saturated rings. The van der Waals surface area contributed by atoms with Gasteiger partial charge in [0, 0.05) is 11.6 Å². The number of hydrogen-bond donors (Lipinski definition) is 2. The van der Waals surface area contributed by atoms with Crippen LogP contribution in [0.25, 0.3) is 0 Å². The van der Waals surface area contributed by atoms with Crippen molar-refractivity contribution in [1.29, 1.82) is 0 Å². The molecule has 2 N–H and O–H groups in total. The monoisotopic (exact) mass is 283 g/mol. The lowest BCUT2D eigenvalue weighted by Gasteiger charge is -2.27. The first kappa shape index (κ1) is 14.0. The lowest BCUT2D eigenvalue weighted by Crippen LogP contribution is -2.42. The molecule has 1 amide bonds. The normalized spacial score (nSPS) is 22.8. The van der Waals surface area contributed by atoms with Gasteiger partial charge in [0.05, 0.1) is 12.5 Å². The lowest BCUT2D eigenvalue weighted by molar-refractivity contribution is 0.0928. The number of halogens is 1. The third-order valence-electron chi connectivity index (χ3n) is 3.44. The van der Waals surface area contributed by atoms with E-state index >= 15 is 0 Å². The maximum absolute atomic E-state index is 12.1. The van der Waals surface area contributed by atoms with Gasteiger partial charge in [0.15, 0.2) is 11.5 Å². The molecule has 1 aliphatic carbocycles. The summed E-state index contributed by atoms with van der Waals surface area (Å²) in [7, 11) is 1.47. The molecule has 19 heavy (non-hydrogen) atoms. The predicted molar refractivity (Wildman–Crippen MR) is 74.0 cm³/mol. The summed E-state index contributed by atoms with van der Waals surface area (Å²) in [6, 6.07) is 4.61. The Morgan fingerprint density at radius 3 is 2.79 bits per heavy atom. The first-order valence-electron chi connectivity index (χ1n) is 6.43. The molecular weight excluding hydrogens is 266 g/mol. The first-order valence-corrected chi connectivity index (χ1v) is 6.87. The van der Waals surface area contributed by atoms with Gasteiger partial charge in [-0.2, -0.15) is 0 Å². The van der Waals surface area contributed by atoms with Crippen molar-refractivity contribution in [2.75, 3.05) is 7.11 Å². The second-order valence-electron chi connectivity index (χ2n) is 4.77. The number of amides is 1. The molecule has 5 heteroatoms. The molecule has 0 aliphatic heterocycles. The van der Waals surface area contributed by atoms with E-state index in [2.05, 4.69) is 5.32 Å². The molecule has 4 nitrogen and oxygen atoms in total. The van der Waals surface area contributed by atoms with Crippen molar-refractivity contribution in [3.05, 3.63) is 23.8 Å². The molecule has 2 unspecified atom stereocenters. The quantitative estimate of drug-likeness (QED) is 0.839. The summed E-state index contributed by atoms with van der Waals surface area (Å²) in [5.41, 5.74) is 0.410. The number of methoxy groups -OCH3 is 1. The number of rotatable bonds is 3. The fourth-order valence-corrected chi connectivity index (χ4v) is 2.67. The molecule has 0 saturated heterocycles. The number of benzene rings is 1. The van der Waals surface area contributed by atoms with Gasteiger partial charge in [-0.1, -0.05) is 12.8 Å². The van der Waals surface area contributed by atoms with Crippen LogP contribution in [0.2, 0.25) is 0 Å². The molecule has 1 aliphatic rings. The largest absolute Gasteiger partial charge is 0.504 e. The topological polar surface area (TPSA) is 58.6 Å². The van der Waals surface area contributed by atoms with Gasteiger partial charge in [0.2, 0.25) is 0 Å². The van der Waals surface area contributed by atoms with Crippen LogP contribution in [0.5, 0.6) is 11.5 Å². The highest BCUT2D eigenvalue weighted by Crippen LogP contribution is 2.27. The summed E-state index contributed by atoms with van der Waals surface area (Å²) < 4.78 is 4.94. The number of aromatic hydroxyl groups is 1. The van der Waals surface area contributed by atoms with Crippen molar-refractivity contribution in [3.8, 4) is 11.5 Å². The zero-order valence-electron chi connectivity index (χ0n) is 10.9. The number of carbonyl (C=O) groups excluding carboxylic acids is 1. The third-order valence-corrected chi connectivity index (χ3v) is 3.96. The standard InChI is InChI=1S/C14H18ClNO3/c1-19-13-7-6-9(8-12(13)17)14(18)16-11-5-3-2-4-10(11)15/h6-8,10-11,17H,2-5H2,1H3,(H,16,18). The van der Waals surface area contributed by atoms with Gasteiger partial charge < -0.3 is 15.2 Å². The Kier molecular flexibility index (Phi) is 4.53. The molecule has 1 saturated carbocycles. The molecular formula is C14H18ClNO3. The predicted octanol–water partition coefficient (Wildman–Crippen LogP) is 2.68. The maximum Gasteiger partial charge on any atom is 0.251 e. The van der Waals surface area contributed by atoms with Crippen molar-refractivity contribution < 1.29 is 14.6 Å². The van der Waals surface area contributed by atoms with E-state index in [0.29, 0.717) is 11.3 Å². The lowest BCUT2D eigenvalue weighted by atomic mass is 9.94. The smallest absolute Gasteiger partial charge is 0.251 e. The number of nitrogens with one attached hydrogen (secondary N) is 1. The van der Waals surface area contributed by atoms with Crippen LogP contribution in [0.4, 0.5) is 0 Å². The summed E-state index contributed by atoms with van der Waals surface area (Å²) in [5.74, 6) is 0.0983. The molecule has 2 atom stereocenters. The average molecular weight is 284 g/mol. The molecule has 0 bridgehead atoms. The van der Waals surface area contributed by atoms with Crippen LogP contribution < -0.4 is 10.1 Å². The van der Waals surface area contributed by atoms with E-state index in [9.17, 15) is 9.90 Å². The molecule has 0 heterocycles. The Morgan fingerprint density at radius 2 is 2.16 bits per heavy atom. The fourth-order valence-electron chi connectivity index (χ4n) is 2.33. The van der Waals surface area contributed by atoms with Gasteiger partial charge in [-0.05, 0) is 31.0 Å². The third kappa shape index (κ3) is 3.32. The molecule has 1 aromatic carbocycles. The van der Waals surface area contributed by atoms with Crippen LogP contribution in [-0.4, -0.2) is 29.5 Å². The molecule has 104 valence electrons. The second kappa shape index (κ2) is 6.15. The number of phenols is 1. The first-order chi connectivity index (χ1) is 9.11. The van der Waals surface area contributed by atoms with Crippen LogP contribution in [0.3, 0.4) is 0 Å². The van der Waals surface area contributed by atoms with Crippen LogP contribution in [0.15, 0.2) is 18.2 Å². The van der Waals surface area contributed by atoms with E-state index in [1.165, 1.54) is 13.2 Å². The Labute approximate surface area is 117 Å². The Hall–Kier alpha value is -1.42. The van der Waals surface area contributed by atoms with Gasteiger partial charge in [0.1, 0.15) is 0 Å². The SMILES string of the molecule is COc1ccc(C(=O)NC2CCCCC2Cl)cc1O. The van der Waals surface area contributed by atoms with Crippen molar-refractivity contribution in [2.24, 2.45) is 0 Å². The van der Waals surface area contributed by atoms with Crippen molar-refractivity contribution in [3.63, 3.8) is 0 Å². The van der Waals surface area contributed by atoms with Crippen LogP contribution >= 0.6 is 11.6 Å². The molecule has 0 spiro atoms. The van der Waals surface area contributed by atoms with Gasteiger partial charge in [0.25, 0.3) is 5.91 Å². The summed E-state index contributed by atoms with van der Waals surface area (Å²) in [5, 5.41) is 12.6. The zero-order valence-corrected chi connectivity index (χ0v) is 11.6. The Balaban J connectivity index is 2.05. The number of carbonyl (C=O) groups is 1. The van der Waals surface area contributed by atoms with Crippen LogP contribution in [0.1, 0.15) is 36.0 Å². The minimum absolute atomic E-state index is 0.00663. The van der Waals surface area contributed by atoms with Crippen LogP contribution in [-0.2, 0) is 0 Å². The van der Waals surface area contributed by atoms with E-state index in [1.54, 1.807) is 12.1 Å². The van der Waals surface area contributed by atoms with Gasteiger partial charge in [-0.15, -0.1) is 11.6 Å². The van der Waals surface area contributed by atoms with Gasteiger partial charge in [-0.25, -0.2) is 0 Å². The fraction of sp³-hybridized carbons (Fsp3) is 0.500. The average Bonchev–Trinajstić information content (AvgIpc) is 2.41. The molecule has 2 rings (SSSR count). The highest BCUT2D eigenvalue weighted by atomic mass is 35.5. The highest BCUT2D eigenvalue weighted by molar-refractivity contribution is 6.21. The van der Waals surface area contributed by atoms with Crippen molar-refractivity contribution >= 4 is 17.5 Å². The van der Waals surface area contributed by atoms with Gasteiger partial charge >= 0.3 is 0 Å². The van der Waals surface area contributed by atoms with E-state index in [-0.39, 0.29) is 23.1 Å². The number of phenolic OH excluding ortho intramolecular Hbond substituents is 1. The van der Waals surface area contributed by atoms with E-state index < -0.39 is 0 Å². The minimum atomic E-state index is -0.212. The number of alkyl halides is 1. The highest BCUT2D eigenvalue weighted by Gasteiger charge is 2.25.